The number of benzene rings is 2. The average Bonchev–Trinajstić information content (AvgIpc) is 2.39. The lowest BCUT2D eigenvalue weighted by Gasteiger charge is -2.09. The molecule has 0 aliphatic carbocycles. The second-order valence-electron chi connectivity index (χ2n) is 3.87. The van der Waals surface area contributed by atoms with E-state index < -0.39 is 14.0 Å². The molecule has 1 N–H and O–H groups in total. The third kappa shape index (κ3) is 3.25. The average molecular weight is 313 g/mol. The van der Waals surface area contributed by atoms with Crippen molar-refractivity contribution in [3.8, 4) is 0 Å². The van der Waals surface area contributed by atoms with Gasteiger partial charge in [0.2, 0.25) is 0 Å². The Kier molecular flexibility index (Phi) is 3.91. The maximum atomic E-state index is 11.5. The molecule has 0 aliphatic rings. The van der Waals surface area contributed by atoms with Gasteiger partial charge in [0.25, 0.3) is 14.7 Å². The van der Waals surface area contributed by atoms with Crippen LogP contribution in [0.5, 0.6) is 0 Å². The van der Waals surface area contributed by atoms with Crippen molar-refractivity contribution in [2.75, 3.05) is 5.32 Å². The van der Waals surface area contributed by atoms with Crippen LogP contribution in [0.2, 0.25) is 0 Å². The number of nitrogens with one attached hydrogen (secondary N) is 1. The highest BCUT2D eigenvalue weighted by Gasteiger charge is 2.20. The molecule has 0 saturated heterocycles. The van der Waals surface area contributed by atoms with E-state index in [1.807, 2.05) is 0 Å². The Morgan fingerprint density at radius 3 is 2.30 bits per heavy atom. The molecular weight excluding hydrogens is 304 g/mol. The van der Waals surface area contributed by atoms with Crippen LogP contribution in [-0.4, -0.2) is 13.3 Å². The van der Waals surface area contributed by atoms with Crippen molar-refractivity contribution in [3.63, 3.8) is 0 Å². The molecule has 0 unspecified atom stereocenters. The number of para-hydroxylation sites is 1. The maximum Gasteiger partial charge on any atom is 0.270 e. The third-order valence-electron chi connectivity index (χ3n) is 2.49. The van der Waals surface area contributed by atoms with E-state index in [1.54, 1.807) is 30.3 Å². The van der Waals surface area contributed by atoms with Crippen LogP contribution in [0.15, 0.2) is 53.4 Å². The predicted octanol–water partition coefficient (Wildman–Crippen LogP) is 3.27. The van der Waals surface area contributed by atoms with Gasteiger partial charge in [-0.1, -0.05) is 18.2 Å². The van der Waals surface area contributed by atoms with E-state index in [9.17, 15) is 18.5 Å². The number of rotatable bonds is 4. The number of hydrogen-bond acceptors (Lipinski definition) is 5. The van der Waals surface area contributed by atoms with Gasteiger partial charge in [-0.2, -0.15) is 0 Å². The fraction of sp³-hybridized carbons (Fsp3) is 0. The Labute approximate surface area is 119 Å². The largest absolute Gasteiger partial charge is 0.354 e. The van der Waals surface area contributed by atoms with Gasteiger partial charge in [-0.05, 0) is 18.2 Å². The zero-order valence-corrected chi connectivity index (χ0v) is 11.6. The summed E-state index contributed by atoms with van der Waals surface area (Å²) in [5.74, 6) is 0. The summed E-state index contributed by atoms with van der Waals surface area (Å²) in [5.41, 5.74) is 0.475. The smallest absolute Gasteiger partial charge is 0.270 e. The Hall–Kier alpha value is -2.12. The summed E-state index contributed by atoms with van der Waals surface area (Å²) < 4.78 is 23.0. The summed E-state index contributed by atoms with van der Waals surface area (Å²) in [6.07, 6.45) is 0. The van der Waals surface area contributed by atoms with Crippen LogP contribution in [0.25, 0.3) is 0 Å². The monoisotopic (exact) mass is 312 g/mol. The van der Waals surface area contributed by atoms with Gasteiger partial charge in [0, 0.05) is 28.5 Å². The van der Waals surface area contributed by atoms with E-state index in [1.165, 1.54) is 12.1 Å². The van der Waals surface area contributed by atoms with Gasteiger partial charge in [-0.15, -0.1) is 0 Å². The molecule has 6 nitrogen and oxygen atoms in total. The summed E-state index contributed by atoms with van der Waals surface area (Å²) in [6.45, 7) is 0. The van der Waals surface area contributed by atoms with Crippen molar-refractivity contribution in [1.29, 1.82) is 0 Å². The first kappa shape index (κ1) is 14.3. The Morgan fingerprint density at radius 1 is 1.10 bits per heavy atom. The minimum absolute atomic E-state index is 0.178. The second kappa shape index (κ2) is 5.48. The molecule has 104 valence electrons. The molecule has 0 spiro atoms. The van der Waals surface area contributed by atoms with Gasteiger partial charge in [0.05, 0.1) is 10.6 Å². The first-order valence-corrected chi connectivity index (χ1v) is 7.74. The number of hydrogen-bond donors (Lipinski definition) is 1. The Bertz CT molecular complexity index is 747. The summed E-state index contributed by atoms with van der Waals surface area (Å²) in [5, 5.41) is 13.6. The van der Waals surface area contributed by atoms with Crippen LogP contribution in [0, 0.1) is 10.1 Å². The molecule has 8 heteroatoms. The lowest BCUT2D eigenvalue weighted by Crippen LogP contribution is -2.00. The topological polar surface area (TPSA) is 89.3 Å². The highest BCUT2D eigenvalue weighted by molar-refractivity contribution is 8.13. The Balaban J connectivity index is 2.50. The molecule has 2 aromatic rings. The molecule has 2 rings (SSSR count). The molecule has 0 aromatic heterocycles. The molecule has 0 bridgehead atoms. The van der Waals surface area contributed by atoms with Gasteiger partial charge >= 0.3 is 0 Å². The molecule has 0 fully saturated rings. The van der Waals surface area contributed by atoms with E-state index >= 15 is 0 Å². The van der Waals surface area contributed by atoms with Crippen molar-refractivity contribution < 1.29 is 13.3 Å². The highest BCUT2D eigenvalue weighted by Crippen LogP contribution is 2.31. The third-order valence-corrected chi connectivity index (χ3v) is 3.85. The number of nitro groups is 1. The number of nitro benzene ring substituents is 1. The van der Waals surface area contributed by atoms with Crippen LogP contribution in [0.3, 0.4) is 0 Å². The van der Waals surface area contributed by atoms with E-state index in [0.29, 0.717) is 5.69 Å². The van der Waals surface area contributed by atoms with Crippen molar-refractivity contribution in [1.82, 2.24) is 0 Å². The molecule has 2 aromatic carbocycles. The molecule has 0 aliphatic heterocycles. The van der Waals surface area contributed by atoms with Gasteiger partial charge in [0.1, 0.15) is 4.90 Å². The predicted molar refractivity (Wildman–Crippen MR) is 75.9 cm³/mol. The summed E-state index contributed by atoms with van der Waals surface area (Å²) >= 11 is 0. The van der Waals surface area contributed by atoms with Crippen LogP contribution in [-0.2, 0) is 9.05 Å². The van der Waals surface area contributed by atoms with Crippen molar-refractivity contribution in [3.05, 3.63) is 58.6 Å². The summed E-state index contributed by atoms with van der Waals surface area (Å²) in [6, 6.07) is 12.2. The zero-order chi connectivity index (χ0) is 14.8. The second-order valence-corrected chi connectivity index (χ2v) is 6.40. The van der Waals surface area contributed by atoms with Crippen molar-refractivity contribution >= 4 is 36.8 Å². The zero-order valence-electron chi connectivity index (χ0n) is 9.99. The van der Waals surface area contributed by atoms with Crippen molar-refractivity contribution in [2.24, 2.45) is 0 Å². The van der Waals surface area contributed by atoms with Crippen LogP contribution >= 0.6 is 10.7 Å². The van der Waals surface area contributed by atoms with Gasteiger partial charge in [0.15, 0.2) is 0 Å². The highest BCUT2D eigenvalue weighted by atomic mass is 35.7. The normalized spacial score (nSPS) is 11.1. The minimum atomic E-state index is -4.10. The van der Waals surface area contributed by atoms with Gasteiger partial charge in [-0.25, -0.2) is 8.42 Å². The number of nitrogens with zero attached hydrogens (tertiary/aromatic N) is 1. The van der Waals surface area contributed by atoms with Crippen molar-refractivity contribution in [2.45, 2.75) is 4.90 Å². The van der Waals surface area contributed by atoms with Crippen LogP contribution in [0.4, 0.5) is 17.1 Å². The first-order valence-electron chi connectivity index (χ1n) is 5.43. The fourth-order valence-corrected chi connectivity index (χ4v) is 2.63. The fourth-order valence-electron chi connectivity index (χ4n) is 1.61. The molecular formula is C12H9ClN2O4S. The van der Waals surface area contributed by atoms with E-state index in [4.69, 9.17) is 10.7 Å². The summed E-state index contributed by atoms with van der Waals surface area (Å²) in [4.78, 5) is 9.68. The standard InChI is InChI=1S/C12H9ClN2O4S/c13-20(18,19)12-8-10(15(16)17)6-7-11(12)14-9-4-2-1-3-5-9/h1-8,14H. The molecule has 0 saturated carbocycles. The summed E-state index contributed by atoms with van der Waals surface area (Å²) in [7, 11) is 1.21. The lowest BCUT2D eigenvalue weighted by atomic mass is 10.2. The Morgan fingerprint density at radius 2 is 1.75 bits per heavy atom. The van der Waals surface area contributed by atoms with Crippen LogP contribution < -0.4 is 5.32 Å². The molecule has 0 amide bonds. The molecule has 20 heavy (non-hydrogen) atoms. The van der Waals surface area contributed by atoms with Gasteiger partial charge in [-0.3, -0.25) is 10.1 Å². The number of halogens is 1. The number of non-ortho nitro benzene ring substituents is 1. The molecule has 0 radical (unpaired) electrons. The SMILES string of the molecule is O=[N+]([O-])c1ccc(Nc2ccccc2)c(S(=O)(=O)Cl)c1. The first-order chi connectivity index (χ1) is 9.38. The number of anilines is 2. The van der Waals surface area contributed by atoms with E-state index in [0.717, 1.165) is 6.07 Å². The van der Waals surface area contributed by atoms with E-state index in [2.05, 4.69) is 5.32 Å². The van der Waals surface area contributed by atoms with E-state index in [-0.39, 0.29) is 16.3 Å². The minimum Gasteiger partial charge on any atom is -0.354 e. The molecule has 0 atom stereocenters. The van der Waals surface area contributed by atoms with Crippen LogP contribution in [0.1, 0.15) is 0 Å². The van der Waals surface area contributed by atoms with Gasteiger partial charge < -0.3 is 5.32 Å². The lowest BCUT2D eigenvalue weighted by molar-refractivity contribution is -0.385. The molecule has 0 heterocycles. The maximum absolute atomic E-state index is 11.5. The quantitative estimate of drug-likeness (QED) is 0.531.